The maximum atomic E-state index is 9.51. The second kappa shape index (κ2) is 11.1. The minimum Gasteiger partial charge on any atom is -0.393 e. The minimum atomic E-state index is 0.00898. The molecule has 1 N–H and O–H groups in total. The Morgan fingerprint density at radius 1 is 0.941 bits per heavy atom. The largest absolute Gasteiger partial charge is 0.393 e. The molecule has 0 saturated heterocycles. The lowest BCUT2D eigenvalue weighted by atomic mass is 9.75. The van der Waals surface area contributed by atoms with E-state index in [0.717, 1.165) is 24.7 Å². The fourth-order valence-corrected chi connectivity index (χ4v) is 3.03. The third kappa shape index (κ3) is 7.08. The predicted molar refractivity (Wildman–Crippen MR) is 77.2 cm³/mol. The Balaban J connectivity index is 0.00000121. The molecule has 104 valence electrons. The van der Waals surface area contributed by atoms with E-state index >= 15 is 0 Å². The van der Waals surface area contributed by atoms with E-state index in [-0.39, 0.29) is 6.10 Å². The van der Waals surface area contributed by atoms with Gasteiger partial charge in [0, 0.05) is 0 Å². The van der Waals surface area contributed by atoms with Crippen LogP contribution in [0.25, 0.3) is 0 Å². The van der Waals surface area contributed by atoms with Gasteiger partial charge in [0.1, 0.15) is 0 Å². The van der Waals surface area contributed by atoms with Crippen molar-refractivity contribution in [3.63, 3.8) is 0 Å². The van der Waals surface area contributed by atoms with Gasteiger partial charge in [-0.2, -0.15) is 0 Å². The summed E-state index contributed by atoms with van der Waals surface area (Å²) in [7, 11) is 0. The van der Waals surface area contributed by atoms with Crippen molar-refractivity contribution in [1.82, 2.24) is 0 Å². The highest BCUT2D eigenvalue weighted by molar-refractivity contribution is 4.77. The van der Waals surface area contributed by atoms with Crippen molar-refractivity contribution in [1.29, 1.82) is 0 Å². The molecule has 0 spiro atoms. The van der Waals surface area contributed by atoms with E-state index in [4.69, 9.17) is 0 Å². The fourth-order valence-electron chi connectivity index (χ4n) is 3.03. The van der Waals surface area contributed by atoms with Gasteiger partial charge in [0.15, 0.2) is 0 Å². The van der Waals surface area contributed by atoms with Crippen molar-refractivity contribution < 1.29 is 5.11 Å². The molecule has 1 nitrogen and oxygen atoms in total. The summed E-state index contributed by atoms with van der Waals surface area (Å²) in [5.41, 5.74) is 0. The van der Waals surface area contributed by atoms with Crippen molar-refractivity contribution in [3.8, 4) is 0 Å². The van der Waals surface area contributed by atoms with Gasteiger partial charge in [-0.1, -0.05) is 59.8 Å². The van der Waals surface area contributed by atoms with Crippen LogP contribution in [0.5, 0.6) is 0 Å². The normalized spacial score (nSPS) is 25.9. The molecule has 1 saturated carbocycles. The Kier molecular flexibility index (Phi) is 11.0. The van der Waals surface area contributed by atoms with E-state index < -0.39 is 0 Å². The molecule has 1 fully saturated rings. The molecule has 0 aromatic heterocycles. The Morgan fingerprint density at radius 3 is 2.00 bits per heavy atom. The highest BCUT2D eigenvalue weighted by Crippen LogP contribution is 2.35. The van der Waals surface area contributed by atoms with Crippen LogP contribution >= 0.6 is 0 Å². The molecule has 0 amide bonds. The summed E-state index contributed by atoms with van der Waals surface area (Å²) < 4.78 is 0. The van der Waals surface area contributed by atoms with Gasteiger partial charge in [-0.15, -0.1) is 0 Å². The Morgan fingerprint density at radius 2 is 1.53 bits per heavy atom. The monoisotopic (exact) mass is 242 g/mol. The molecule has 0 radical (unpaired) electrons. The van der Waals surface area contributed by atoms with Crippen LogP contribution in [-0.4, -0.2) is 11.2 Å². The average molecular weight is 242 g/mol. The van der Waals surface area contributed by atoms with Crippen LogP contribution in [0.1, 0.15) is 85.5 Å². The standard InChI is InChI=1S/C14H28O.C2H6/c1-3-5-7-12(6-4-2)13-8-10-14(15)11-9-13;1-2/h12-15H,3-11H2,1-2H3;1-2H3. The lowest BCUT2D eigenvalue weighted by Gasteiger charge is -2.32. The minimum absolute atomic E-state index is 0.00898. The molecule has 1 unspecified atom stereocenters. The van der Waals surface area contributed by atoms with Gasteiger partial charge in [-0.05, 0) is 37.5 Å². The van der Waals surface area contributed by atoms with E-state index in [2.05, 4.69) is 13.8 Å². The summed E-state index contributed by atoms with van der Waals surface area (Å²) in [5.74, 6) is 1.86. The summed E-state index contributed by atoms with van der Waals surface area (Å²) >= 11 is 0. The van der Waals surface area contributed by atoms with Gasteiger partial charge < -0.3 is 5.11 Å². The molecule has 0 heterocycles. The first-order chi connectivity index (χ1) is 8.27. The molecule has 1 aliphatic carbocycles. The molecule has 0 aromatic carbocycles. The van der Waals surface area contributed by atoms with Gasteiger partial charge in [-0.3, -0.25) is 0 Å². The zero-order valence-electron chi connectivity index (χ0n) is 12.5. The molecule has 17 heavy (non-hydrogen) atoms. The highest BCUT2D eigenvalue weighted by Gasteiger charge is 2.25. The van der Waals surface area contributed by atoms with Crippen molar-refractivity contribution in [3.05, 3.63) is 0 Å². The zero-order chi connectivity index (χ0) is 13.1. The Bertz CT molecular complexity index is 148. The maximum absolute atomic E-state index is 9.51. The Labute approximate surface area is 109 Å². The van der Waals surface area contributed by atoms with E-state index in [9.17, 15) is 5.11 Å². The molecule has 1 atom stereocenters. The third-order valence-corrected chi connectivity index (χ3v) is 4.00. The summed E-state index contributed by atoms with van der Waals surface area (Å²) in [6.45, 7) is 8.59. The van der Waals surface area contributed by atoms with Gasteiger partial charge in [0.25, 0.3) is 0 Å². The molecular weight excluding hydrogens is 208 g/mol. The molecule has 1 rings (SSSR count). The van der Waals surface area contributed by atoms with Gasteiger partial charge >= 0.3 is 0 Å². The zero-order valence-corrected chi connectivity index (χ0v) is 12.5. The predicted octanol–water partition coefficient (Wildman–Crippen LogP) is 5.17. The fraction of sp³-hybridized carbons (Fsp3) is 1.00. The van der Waals surface area contributed by atoms with Crippen molar-refractivity contribution in [2.75, 3.05) is 0 Å². The first-order valence-corrected chi connectivity index (χ1v) is 7.96. The molecule has 0 aliphatic heterocycles. The van der Waals surface area contributed by atoms with Crippen LogP contribution in [0.3, 0.4) is 0 Å². The van der Waals surface area contributed by atoms with E-state index in [1.165, 1.54) is 44.9 Å². The first kappa shape index (κ1) is 17.0. The van der Waals surface area contributed by atoms with E-state index in [1.807, 2.05) is 13.8 Å². The smallest absolute Gasteiger partial charge is 0.0540 e. The molecular formula is C16H34O. The van der Waals surface area contributed by atoms with Crippen LogP contribution in [0, 0.1) is 11.8 Å². The van der Waals surface area contributed by atoms with Crippen molar-refractivity contribution in [2.45, 2.75) is 91.6 Å². The lowest BCUT2D eigenvalue weighted by Crippen LogP contribution is -2.24. The maximum Gasteiger partial charge on any atom is 0.0540 e. The van der Waals surface area contributed by atoms with Crippen molar-refractivity contribution >= 4 is 0 Å². The van der Waals surface area contributed by atoms with Gasteiger partial charge in [-0.25, -0.2) is 0 Å². The van der Waals surface area contributed by atoms with E-state index in [0.29, 0.717) is 0 Å². The van der Waals surface area contributed by atoms with Crippen LogP contribution in [-0.2, 0) is 0 Å². The molecule has 1 aliphatic rings. The summed E-state index contributed by atoms with van der Waals surface area (Å²) in [6.07, 6.45) is 11.5. The SMILES string of the molecule is CC.CCCCC(CCC)C1CCC(O)CC1. The van der Waals surface area contributed by atoms with Crippen molar-refractivity contribution in [2.24, 2.45) is 11.8 Å². The van der Waals surface area contributed by atoms with Crippen LogP contribution in [0.2, 0.25) is 0 Å². The molecule has 0 aromatic rings. The topological polar surface area (TPSA) is 20.2 Å². The highest BCUT2D eigenvalue weighted by atomic mass is 16.3. The quantitative estimate of drug-likeness (QED) is 0.681. The number of hydrogen-bond donors (Lipinski definition) is 1. The van der Waals surface area contributed by atoms with E-state index in [1.54, 1.807) is 0 Å². The third-order valence-electron chi connectivity index (χ3n) is 4.00. The van der Waals surface area contributed by atoms with Gasteiger partial charge in [0.2, 0.25) is 0 Å². The first-order valence-electron chi connectivity index (χ1n) is 7.96. The average Bonchev–Trinajstić information content (AvgIpc) is 2.38. The number of unbranched alkanes of at least 4 members (excludes halogenated alkanes) is 1. The summed E-state index contributed by atoms with van der Waals surface area (Å²) in [6, 6.07) is 0. The second-order valence-corrected chi connectivity index (χ2v) is 5.26. The number of aliphatic hydroxyl groups is 1. The summed E-state index contributed by atoms with van der Waals surface area (Å²) in [4.78, 5) is 0. The number of aliphatic hydroxyl groups excluding tert-OH is 1. The number of rotatable bonds is 6. The number of hydrogen-bond acceptors (Lipinski definition) is 1. The van der Waals surface area contributed by atoms with Crippen LogP contribution in [0.4, 0.5) is 0 Å². The molecule has 1 heteroatoms. The van der Waals surface area contributed by atoms with Crippen LogP contribution in [0.15, 0.2) is 0 Å². The van der Waals surface area contributed by atoms with Crippen LogP contribution < -0.4 is 0 Å². The lowest BCUT2D eigenvalue weighted by molar-refractivity contribution is 0.0864. The Hall–Kier alpha value is -0.0400. The van der Waals surface area contributed by atoms with Gasteiger partial charge in [0.05, 0.1) is 6.10 Å². The molecule has 0 bridgehead atoms. The second-order valence-electron chi connectivity index (χ2n) is 5.26. The summed E-state index contributed by atoms with van der Waals surface area (Å²) in [5, 5.41) is 9.51.